The van der Waals surface area contributed by atoms with Crippen LogP contribution in [0.3, 0.4) is 0 Å². The van der Waals surface area contributed by atoms with E-state index in [1.54, 1.807) is 24.3 Å². The molecule has 2 rings (SSSR count). The Labute approximate surface area is 183 Å². The van der Waals surface area contributed by atoms with Gasteiger partial charge in [0.1, 0.15) is 0 Å². The van der Waals surface area contributed by atoms with Crippen LogP contribution >= 0.6 is 0 Å². The van der Waals surface area contributed by atoms with Crippen LogP contribution in [0, 0.1) is 5.92 Å². The van der Waals surface area contributed by atoms with Gasteiger partial charge in [-0.2, -0.15) is 0 Å². The van der Waals surface area contributed by atoms with Crippen molar-refractivity contribution in [2.75, 3.05) is 18.5 Å². The largest absolute Gasteiger partial charge is 0.462 e. The van der Waals surface area contributed by atoms with Gasteiger partial charge in [-0.1, -0.05) is 33.1 Å². The zero-order valence-electron chi connectivity index (χ0n) is 18.3. The summed E-state index contributed by atoms with van der Waals surface area (Å²) in [5, 5.41) is 5.52. The minimum Gasteiger partial charge on any atom is -0.462 e. The molecule has 0 spiro atoms. The van der Waals surface area contributed by atoms with E-state index in [1.165, 1.54) is 6.42 Å². The smallest absolute Gasteiger partial charge is 0.338 e. The van der Waals surface area contributed by atoms with E-state index in [4.69, 9.17) is 9.47 Å². The fraction of sp³-hybridized carbons (Fsp3) is 0.565. The number of nitrogens with one attached hydrogen (secondary N) is 2. The molecule has 1 aromatic rings. The maximum absolute atomic E-state index is 12.0. The van der Waals surface area contributed by atoms with E-state index in [0.717, 1.165) is 25.7 Å². The van der Waals surface area contributed by atoms with Gasteiger partial charge in [-0.05, 0) is 43.0 Å². The number of hydrogen-bond acceptors (Lipinski definition) is 6. The number of carbonyl (C=O) groups excluding carboxylic acids is 4. The average molecular weight is 433 g/mol. The van der Waals surface area contributed by atoms with Gasteiger partial charge in [-0.3, -0.25) is 14.4 Å². The van der Waals surface area contributed by atoms with Crippen LogP contribution in [0.4, 0.5) is 5.69 Å². The number of carbonyl (C=O) groups is 4. The van der Waals surface area contributed by atoms with Gasteiger partial charge in [0.15, 0.2) is 6.61 Å². The van der Waals surface area contributed by atoms with Crippen molar-refractivity contribution in [2.24, 2.45) is 5.92 Å². The van der Waals surface area contributed by atoms with Crippen LogP contribution in [0.25, 0.3) is 0 Å². The molecule has 0 unspecified atom stereocenters. The van der Waals surface area contributed by atoms with Crippen molar-refractivity contribution in [1.29, 1.82) is 0 Å². The third-order valence-electron chi connectivity index (χ3n) is 4.84. The van der Waals surface area contributed by atoms with Crippen LogP contribution in [0.2, 0.25) is 0 Å². The summed E-state index contributed by atoms with van der Waals surface area (Å²) in [5.74, 6) is -1.45. The highest BCUT2D eigenvalue weighted by Crippen LogP contribution is 2.17. The maximum atomic E-state index is 12.0. The fourth-order valence-corrected chi connectivity index (χ4v) is 3.19. The second-order valence-electron chi connectivity index (χ2n) is 8.18. The Balaban J connectivity index is 1.64. The van der Waals surface area contributed by atoms with E-state index in [1.807, 2.05) is 13.8 Å². The molecule has 1 fully saturated rings. The molecule has 1 aromatic carbocycles. The van der Waals surface area contributed by atoms with Gasteiger partial charge < -0.3 is 20.1 Å². The predicted molar refractivity (Wildman–Crippen MR) is 115 cm³/mol. The lowest BCUT2D eigenvalue weighted by Crippen LogP contribution is -2.36. The van der Waals surface area contributed by atoms with Gasteiger partial charge in [0.05, 0.1) is 18.6 Å². The SMILES string of the molecule is CC(C)COC(=O)c1ccc(NC(=O)COC(=O)CCC(=O)NC2CCCCC2)cc1. The summed E-state index contributed by atoms with van der Waals surface area (Å²) in [6.07, 6.45) is 5.38. The van der Waals surface area contributed by atoms with Gasteiger partial charge in [0.2, 0.25) is 5.91 Å². The summed E-state index contributed by atoms with van der Waals surface area (Å²) < 4.78 is 10.1. The molecule has 170 valence electrons. The molecule has 1 aliphatic carbocycles. The first-order valence-electron chi connectivity index (χ1n) is 10.9. The predicted octanol–water partition coefficient (Wildman–Crippen LogP) is 3.21. The van der Waals surface area contributed by atoms with Gasteiger partial charge in [0, 0.05) is 18.2 Å². The van der Waals surface area contributed by atoms with Crippen LogP contribution in [-0.2, 0) is 23.9 Å². The van der Waals surface area contributed by atoms with Crippen LogP contribution in [0.1, 0.15) is 69.2 Å². The highest BCUT2D eigenvalue weighted by Gasteiger charge is 2.17. The standard InChI is InChI=1S/C23H32N2O6/c1-16(2)14-31-23(29)17-8-10-19(11-9-17)25-21(27)15-30-22(28)13-12-20(26)24-18-6-4-3-5-7-18/h8-11,16,18H,3-7,12-15H2,1-2H3,(H,24,26)(H,25,27). The lowest BCUT2D eigenvalue weighted by Gasteiger charge is -2.22. The molecule has 31 heavy (non-hydrogen) atoms. The minimum absolute atomic E-state index is 0.0469. The van der Waals surface area contributed by atoms with Crippen molar-refractivity contribution in [2.45, 2.75) is 64.8 Å². The number of anilines is 1. The molecule has 8 nitrogen and oxygen atoms in total. The van der Waals surface area contributed by atoms with Crippen molar-refractivity contribution in [3.8, 4) is 0 Å². The highest BCUT2D eigenvalue weighted by atomic mass is 16.5. The molecule has 0 bridgehead atoms. The summed E-state index contributed by atoms with van der Waals surface area (Å²) in [7, 11) is 0. The number of rotatable bonds is 10. The zero-order valence-corrected chi connectivity index (χ0v) is 18.3. The lowest BCUT2D eigenvalue weighted by atomic mass is 9.95. The first kappa shape index (κ1) is 24.4. The highest BCUT2D eigenvalue weighted by molar-refractivity contribution is 5.94. The Morgan fingerprint density at radius 2 is 1.61 bits per heavy atom. The summed E-state index contributed by atoms with van der Waals surface area (Å²) in [6.45, 7) is 3.79. The van der Waals surface area contributed by atoms with Crippen LogP contribution in [-0.4, -0.2) is 43.0 Å². The molecule has 2 amide bonds. The molecular weight excluding hydrogens is 400 g/mol. The zero-order chi connectivity index (χ0) is 22.6. The fourth-order valence-electron chi connectivity index (χ4n) is 3.19. The average Bonchev–Trinajstić information content (AvgIpc) is 2.76. The normalized spacial score (nSPS) is 14.0. The van der Waals surface area contributed by atoms with Crippen LogP contribution < -0.4 is 10.6 Å². The number of esters is 2. The van der Waals surface area contributed by atoms with Crippen molar-refractivity contribution in [1.82, 2.24) is 5.32 Å². The number of amides is 2. The molecule has 0 radical (unpaired) electrons. The van der Waals surface area contributed by atoms with Crippen molar-refractivity contribution >= 4 is 29.4 Å². The molecule has 0 atom stereocenters. The number of ether oxygens (including phenoxy) is 2. The molecule has 1 aliphatic rings. The number of benzene rings is 1. The third-order valence-corrected chi connectivity index (χ3v) is 4.84. The van der Waals surface area contributed by atoms with Crippen LogP contribution in [0.5, 0.6) is 0 Å². The Bertz CT molecular complexity index is 754. The van der Waals surface area contributed by atoms with E-state index >= 15 is 0 Å². The summed E-state index contributed by atoms with van der Waals surface area (Å²) >= 11 is 0. The summed E-state index contributed by atoms with van der Waals surface area (Å²) in [6, 6.07) is 6.44. The second kappa shape index (κ2) is 12.7. The monoisotopic (exact) mass is 432 g/mol. The van der Waals surface area contributed by atoms with Crippen molar-refractivity contribution in [3.05, 3.63) is 29.8 Å². The Hall–Kier alpha value is -2.90. The summed E-state index contributed by atoms with van der Waals surface area (Å²) in [5.41, 5.74) is 0.852. The Morgan fingerprint density at radius 1 is 0.935 bits per heavy atom. The molecule has 0 aliphatic heterocycles. The van der Waals surface area contributed by atoms with Gasteiger partial charge in [-0.15, -0.1) is 0 Å². The van der Waals surface area contributed by atoms with Crippen molar-refractivity contribution in [3.63, 3.8) is 0 Å². The van der Waals surface area contributed by atoms with Crippen LogP contribution in [0.15, 0.2) is 24.3 Å². The second-order valence-corrected chi connectivity index (χ2v) is 8.18. The van der Waals surface area contributed by atoms with Crippen molar-refractivity contribution < 1.29 is 28.7 Å². The third kappa shape index (κ3) is 9.63. The van der Waals surface area contributed by atoms with Gasteiger partial charge in [-0.25, -0.2) is 4.79 Å². The van der Waals surface area contributed by atoms with E-state index in [2.05, 4.69) is 10.6 Å². The minimum atomic E-state index is -0.600. The molecule has 0 saturated heterocycles. The first-order chi connectivity index (χ1) is 14.8. The summed E-state index contributed by atoms with van der Waals surface area (Å²) in [4.78, 5) is 47.5. The van der Waals surface area contributed by atoms with E-state index < -0.39 is 24.5 Å². The molecule has 8 heteroatoms. The molecule has 0 aromatic heterocycles. The maximum Gasteiger partial charge on any atom is 0.338 e. The molecular formula is C23H32N2O6. The lowest BCUT2D eigenvalue weighted by molar-refractivity contribution is -0.148. The van der Waals surface area contributed by atoms with E-state index in [0.29, 0.717) is 17.9 Å². The Kier molecular flexibility index (Phi) is 10.00. The van der Waals surface area contributed by atoms with E-state index in [9.17, 15) is 19.2 Å². The number of hydrogen-bond donors (Lipinski definition) is 2. The van der Waals surface area contributed by atoms with Gasteiger partial charge >= 0.3 is 11.9 Å². The molecule has 2 N–H and O–H groups in total. The topological polar surface area (TPSA) is 111 Å². The Morgan fingerprint density at radius 3 is 2.26 bits per heavy atom. The molecule has 1 saturated carbocycles. The van der Waals surface area contributed by atoms with E-state index in [-0.39, 0.29) is 30.7 Å². The molecule has 0 heterocycles. The van der Waals surface area contributed by atoms with Gasteiger partial charge in [0.25, 0.3) is 5.91 Å². The first-order valence-corrected chi connectivity index (χ1v) is 10.9. The quantitative estimate of drug-likeness (QED) is 0.549.